The van der Waals surface area contributed by atoms with E-state index in [0.717, 1.165) is 55.9 Å². The Hall–Kier alpha value is -6.88. The van der Waals surface area contributed by atoms with Gasteiger partial charge in [-0.25, -0.2) is 9.97 Å². The van der Waals surface area contributed by atoms with Gasteiger partial charge in [-0.3, -0.25) is 0 Å². The first-order valence-corrected chi connectivity index (χ1v) is 20.5. The van der Waals surface area contributed by atoms with E-state index in [2.05, 4.69) is 194 Å². The lowest BCUT2D eigenvalue weighted by Crippen LogP contribution is -1.96. The number of para-hydroxylation sites is 3. The number of fused-ring (bicyclic) bond motifs is 6. The zero-order valence-electron chi connectivity index (χ0n) is 31.4. The van der Waals surface area contributed by atoms with Gasteiger partial charge >= 0.3 is 0 Å². The lowest BCUT2D eigenvalue weighted by atomic mass is 9.93. The van der Waals surface area contributed by atoms with Crippen LogP contribution in [0.5, 0.6) is 0 Å². The van der Waals surface area contributed by atoms with Crippen LogP contribution >= 0.6 is 11.3 Å². The van der Waals surface area contributed by atoms with Gasteiger partial charge in [0.1, 0.15) is 0 Å². The maximum absolute atomic E-state index is 5.29. The van der Waals surface area contributed by atoms with Crippen molar-refractivity contribution >= 4 is 59.0 Å². The van der Waals surface area contributed by atoms with Crippen LogP contribution in [0.15, 0.2) is 188 Å². The van der Waals surface area contributed by atoms with E-state index in [-0.39, 0.29) is 0 Å². The largest absolute Gasteiger partial charge is 0.309 e. The molecule has 3 aromatic heterocycles. The topological polar surface area (TPSA) is 30.7 Å². The average Bonchev–Trinajstić information content (AvgIpc) is 3.82. The molecule has 1 unspecified atom stereocenters. The molecule has 0 spiro atoms. The smallest absolute Gasteiger partial charge is 0.160 e. The molecular formula is C53H37N3S. The van der Waals surface area contributed by atoms with Crippen molar-refractivity contribution in [2.24, 2.45) is 5.92 Å². The highest BCUT2D eigenvalue weighted by atomic mass is 32.1. The van der Waals surface area contributed by atoms with Crippen LogP contribution in [-0.2, 0) is 0 Å². The molecule has 0 fully saturated rings. The van der Waals surface area contributed by atoms with Gasteiger partial charge in [-0.05, 0) is 76.6 Å². The van der Waals surface area contributed by atoms with Crippen molar-refractivity contribution in [1.29, 1.82) is 0 Å². The average molecular weight is 748 g/mol. The third-order valence-corrected chi connectivity index (χ3v) is 12.5. The van der Waals surface area contributed by atoms with Gasteiger partial charge in [0.2, 0.25) is 0 Å². The number of aromatic nitrogens is 3. The first-order chi connectivity index (χ1) is 28.2. The molecular weight excluding hydrogens is 711 g/mol. The first-order valence-electron chi connectivity index (χ1n) is 19.6. The number of allylic oxidation sites excluding steroid dienone is 4. The summed E-state index contributed by atoms with van der Waals surface area (Å²) in [6.07, 6.45) is 7.99. The monoisotopic (exact) mass is 747 g/mol. The Bertz CT molecular complexity index is 3200. The van der Waals surface area contributed by atoms with Gasteiger partial charge in [-0.1, -0.05) is 159 Å². The van der Waals surface area contributed by atoms with Crippen molar-refractivity contribution in [2.45, 2.75) is 13.3 Å². The molecule has 1 aliphatic carbocycles. The number of hydrogen-bond acceptors (Lipinski definition) is 3. The Morgan fingerprint density at radius 2 is 1.25 bits per heavy atom. The molecule has 0 amide bonds. The van der Waals surface area contributed by atoms with Gasteiger partial charge in [-0.15, -0.1) is 11.3 Å². The summed E-state index contributed by atoms with van der Waals surface area (Å²) < 4.78 is 4.72. The number of rotatable bonds is 6. The summed E-state index contributed by atoms with van der Waals surface area (Å²) in [4.78, 5) is 10.5. The molecule has 0 aliphatic heterocycles. The molecule has 11 rings (SSSR count). The van der Waals surface area contributed by atoms with Gasteiger partial charge in [0.15, 0.2) is 5.82 Å². The second-order valence-corrected chi connectivity index (χ2v) is 16.1. The minimum absolute atomic E-state index is 0.549. The van der Waals surface area contributed by atoms with Crippen LogP contribution in [0.1, 0.15) is 18.9 Å². The SMILES string of the molecule is CC1C=C(c2ccc(-c3nc(-c4ccccc4)nc4c3sc3ccc(-c5cccc(-c6cccc7c8ccccc8n(-c8ccccc8)c67)c5)cc34)cc2)C=CC1. The quantitative estimate of drug-likeness (QED) is 0.170. The summed E-state index contributed by atoms with van der Waals surface area (Å²) in [5.41, 5.74) is 14.9. The van der Waals surface area contributed by atoms with E-state index < -0.39 is 0 Å². The summed E-state index contributed by atoms with van der Waals surface area (Å²) >= 11 is 1.78. The predicted molar refractivity (Wildman–Crippen MR) is 242 cm³/mol. The van der Waals surface area contributed by atoms with Crippen LogP contribution in [0.4, 0.5) is 0 Å². The highest BCUT2D eigenvalue weighted by Crippen LogP contribution is 2.43. The summed E-state index contributed by atoms with van der Waals surface area (Å²) in [7, 11) is 0. The summed E-state index contributed by atoms with van der Waals surface area (Å²) in [6, 6.07) is 61.2. The van der Waals surface area contributed by atoms with Crippen molar-refractivity contribution in [3.8, 4) is 50.6 Å². The summed E-state index contributed by atoms with van der Waals surface area (Å²) in [5.74, 6) is 1.29. The molecule has 0 bridgehead atoms. The Kier molecular flexibility index (Phi) is 8.04. The molecule has 0 radical (unpaired) electrons. The molecule has 1 aliphatic rings. The van der Waals surface area contributed by atoms with Gasteiger partial charge in [0.05, 0.1) is 26.9 Å². The maximum atomic E-state index is 5.29. The molecule has 270 valence electrons. The second-order valence-electron chi connectivity index (χ2n) is 15.0. The lowest BCUT2D eigenvalue weighted by molar-refractivity contribution is 0.740. The molecule has 3 nitrogen and oxygen atoms in total. The molecule has 4 heteroatoms. The van der Waals surface area contributed by atoms with E-state index in [1.54, 1.807) is 11.3 Å². The fourth-order valence-corrected chi connectivity index (χ4v) is 9.69. The van der Waals surface area contributed by atoms with E-state index in [4.69, 9.17) is 9.97 Å². The number of thiophene rings is 1. The van der Waals surface area contributed by atoms with Crippen LogP contribution in [-0.4, -0.2) is 14.5 Å². The minimum Gasteiger partial charge on any atom is -0.309 e. The lowest BCUT2D eigenvalue weighted by Gasteiger charge is -2.13. The van der Waals surface area contributed by atoms with Crippen LogP contribution in [0.2, 0.25) is 0 Å². The van der Waals surface area contributed by atoms with E-state index in [9.17, 15) is 0 Å². The van der Waals surface area contributed by atoms with Crippen molar-refractivity contribution in [3.05, 3.63) is 194 Å². The van der Waals surface area contributed by atoms with Crippen molar-refractivity contribution in [2.75, 3.05) is 0 Å². The Morgan fingerprint density at radius 1 is 0.561 bits per heavy atom. The third-order valence-electron chi connectivity index (χ3n) is 11.3. The molecule has 57 heavy (non-hydrogen) atoms. The van der Waals surface area contributed by atoms with Crippen molar-refractivity contribution in [1.82, 2.24) is 14.5 Å². The van der Waals surface area contributed by atoms with Gasteiger partial charge in [0.25, 0.3) is 0 Å². The van der Waals surface area contributed by atoms with E-state index in [1.165, 1.54) is 54.3 Å². The molecule has 0 saturated carbocycles. The Labute approximate surface area is 335 Å². The molecule has 0 saturated heterocycles. The van der Waals surface area contributed by atoms with Crippen molar-refractivity contribution < 1.29 is 0 Å². The molecule has 3 heterocycles. The Morgan fingerprint density at radius 3 is 2.09 bits per heavy atom. The van der Waals surface area contributed by atoms with Crippen LogP contribution in [0.3, 0.4) is 0 Å². The van der Waals surface area contributed by atoms with E-state index in [1.807, 2.05) is 6.07 Å². The Balaban J connectivity index is 1.06. The zero-order chi connectivity index (χ0) is 37.9. The predicted octanol–water partition coefficient (Wildman–Crippen LogP) is 14.6. The third kappa shape index (κ3) is 5.80. The highest BCUT2D eigenvalue weighted by molar-refractivity contribution is 7.26. The minimum atomic E-state index is 0.549. The van der Waals surface area contributed by atoms with Crippen LogP contribution in [0.25, 0.3) is 98.3 Å². The molecule has 0 N–H and O–H groups in total. The normalized spacial score (nSPS) is 14.2. The number of hydrogen-bond donors (Lipinski definition) is 0. The van der Waals surface area contributed by atoms with Gasteiger partial charge in [0, 0.05) is 43.2 Å². The summed E-state index contributed by atoms with van der Waals surface area (Å²) in [5, 5.41) is 3.65. The number of benzene rings is 7. The first kappa shape index (κ1) is 33.5. The fraction of sp³-hybridized carbons (Fsp3) is 0.0566. The van der Waals surface area contributed by atoms with E-state index in [0.29, 0.717) is 5.92 Å². The van der Waals surface area contributed by atoms with E-state index >= 15 is 0 Å². The molecule has 7 aromatic carbocycles. The summed E-state index contributed by atoms with van der Waals surface area (Å²) in [6.45, 7) is 2.28. The number of nitrogens with zero attached hydrogens (tertiary/aromatic N) is 3. The standard InChI is InChI=1S/C53H37N3S/c1-34-13-10-16-38(31-34)35-25-27-36(28-26-35)49-52-50(55-53(54-49)37-14-4-2-5-15-37)46-33-40(29-30-48(46)57-52)39-17-11-18-41(32-39)43-22-12-23-45-44-21-8-9-24-47(44)56(51(43)45)42-19-6-3-7-20-42/h2-12,14-34H,13H2,1H3. The van der Waals surface area contributed by atoms with Gasteiger partial charge < -0.3 is 4.57 Å². The molecule has 1 atom stereocenters. The van der Waals surface area contributed by atoms with Gasteiger partial charge in [-0.2, -0.15) is 0 Å². The van der Waals surface area contributed by atoms with Crippen LogP contribution in [0, 0.1) is 5.92 Å². The van der Waals surface area contributed by atoms with Crippen LogP contribution < -0.4 is 0 Å². The highest BCUT2D eigenvalue weighted by Gasteiger charge is 2.19. The second kappa shape index (κ2) is 13.7. The molecule has 10 aromatic rings. The maximum Gasteiger partial charge on any atom is 0.160 e. The zero-order valence-corrected chi connectivity index (χ0v) is 32.2. The van der Waals surface area contributed by atoms with Crippen molar-refractivity contribution in [3.63, 3.8) is 0 Å². The fourth-order valence-electron chi connectivity index (χ4n) is 8.55.